The molecule has 5 nitrogen and oxygen atoms in total. The average Bonchev–Trinajstić information content (AvgIpc) is 2.30. The number of rotatable bonds is 2. The second-order valence-corrected chi connectivity index (χ2v) is 3.83. The lowest BCUT2D eigenvalue weighted by Gasteiger charge is -2.30. The normalized spacial score (nSPS) is 23.2. The topological polar surface area (TPSA) is 69.6 Å². The Bertz CT molecular complexity index is 250. The van der Waals surface area contributed by atoms with Crippen molar-refractivity contribution in [2.75, 3.05) is 6.54 Å². The van der Waals surface area contributed by atoms with Crippen molar-refractivity contribution in [1.29, 1.82) is 0 Å². The van der Waals surface area contributed by atoms with Crippen LogP contribution in [0.15, 0.2) is 0 Å². The molecule has 1 fully saturated rings. The molecule has 1 aliphatic heterocycles. The van der Waals surface area contributed by atoms with Gasteiger partial charge in [0.1, 0.15) is 5.54 Å². The highest BCUT2D eigenvalue weighted by Gasteiger charge is 2.42. The number of aliphatic carboxylic acids is 1. The Morgan fingerprint density at radius 1 is 1.69 bits per heavy atom. The van der Waals surface area contributed by atoms with Crippen molar-refractivity contribution in [2.24, 2.45) is 0 Å². The molecule has 0 aromatic heterocycles. The van der Waals surface area contributed by atoms with Gasteiger partial charge in [0.15, 0.2) is 0 Å². The van der Waals surface area contributed by atoms with Gasteiger partial charge >= 0.3 is 12.0 Å². The first-order valence-electron chi connectivity index (χ1n) is 4.17. The van der Waals surface area contributed by atoms with Crippen molar-refractivity contribution in [3.63, 3.8) is 0 Å². The number of carboxylic acid groups (broad SMARTS) is 1. The zero-order chi connectivity index (χ0) is 10.2. The summed E-state index contributed by atoms with van der Waals surface area (Å²) in [5, 5.41) is 11.5. The average molecular weight is 186 g/mol. The van der Waals surface area contributed by atoms with Crippen molar-refractivity contribution in [1.82, 2.24) is 10.2 Å². The second kappa shape index (κ2) is 2.90. The van der Waals surface area contributed by atoms with E-state index in [4.69, 9.17) is 5.11 Å². The molecule has 1 saturated heterocycles. The summed E-state index contributed by atoms with van der Waals surface area (Å²) in [6.07, 6.45) is 0. The molecule has 0 spiro atoms. The number of hydrogen-bond acceptors (Lipinski definition) is 2. The molecular weight excluding hydrogens is 172 g/mol. The van der Waals surface area contributed by atoms with Gasteiger partial charge in [-0.25, -0.2) is 9.59 Å². The number of carboxylic acids is 1. The molecule has 74 valence electrons. The smallest absolute Gasteiger partial charge is 0.329 e. The van der Waals surface area contributed by atoms with Gasteiger partial charge in [-0.05, 0) is 20.8 Å². The van der Waals surface area contributed by atoms with E-state index in [2.05, 4.69) is 5.32 Å². The van der Waals surface area contributed by atoms with Crippen LogP contribution in [0.4, 0.5) is 4.79 Å². The number of urea groups is 1. The van der Waals surface area contributed by atoms with E-state index < -0.39 is 11.5 Å². The number of hydrogen-bond donors (Lipinski definition) is 2. The third-order valence-corrected chi connectivity index (χ3v) is 2.27. The van der Waals surface area contributed by atoms with E-state index in [1.54, 1.807) is 0 Å². The molecule has 0 aliphatic carbocycles. The summed E-state index contributed by atoms with van der Waals surface area (Å²) in [4.78, 5) is 23.5. The van der Waals surface area contributed by atoms with Gasteiger partial charge in [-0.2, -0.15) is 0 Å². The van der Waals surface area contributed by atoms with Crippen LogP contribution in [0.2, 0.25) is 0 Å². The van der Waals surface area contributed by atoms with Crippen molar-refractivity contribution in [2.45, 2.75) is 32.4 Å². The lowest BCUT2D eigenvalue weighted by molar-refractivity contribution is -0.147. The van der Waals surface area contributed by atoms with Crippen molar-refractivity contribution < 1.29 is 14.7 Å². The number of nitrogens with one attached hydrogen (secondary N) is 1. The van der Waals surface area contributed by atoms with Gasteiger partial charge in [-0.3, -0.25) is 0 Å². The Morgan fingerprint density at radius 2 is 2.23 bits per heavy atom. The molecule has 13 heavy (non-hydrogen) atoms. The molecule has 1 aliphatic rings. The van der Waals surface area contributed by atoms with E-state index >= 15 is 0 Å². The highest BCUT2D eigenvalue weighted by molar-refractivity contribution is 5.86. The summed E-state index contributed by atoms with van der Waals surface area (Å²) >= 11 is 0. The third-order valence-electron chi connectivity index (χ3n) is 2.27. The quantitative estimate of drug-likeness (QED) is 0.650. The maximum absolute atomic E-state index is 11.3. The molecule has 5 heteroatoms. The molecule has 2 amide bonds. The molecule has 0 saturated carbocycles. The summed E-state index contributed by atoms with van der Waals surface area (Å²) in [6, 6.07) is -0.286. The fraction of sp³-hybridized carbons (Fsp3) is 0.750. The van der Waals surface area contributed by atoms with E-state index in [1.165, 1.54) is 18.7 Å². The number of carbonyl (C=O) groups excluding carboxylic acids is 1. The standard InChI is InChI=1S/C8H14N2O3/c1-5-4-10(7(13)9-5)8(2,3)6(11)12/h5H,4H2,1-3H3,(H,9,13)(H,11,12). The first-order chi connectivity index (χ1) is 5.85. The zero-order valence-electron chi connectivity index (χ0n) is 8.00. The predicted octanol–water partition coefficient (Wildman–Crippen LogP) is 0.263. The van der Waals surface area contributed by atoms with Crippen molar-refractivity contribution in [3.8, 4) is 0 Å². The molecule has 1 atom stereocenters. The van der Waals surface area contributed by atoms with Gasteiger partial charge in [0.2, 0.25) is 0 Å². The first kappa shape index (κ1) is 9.83. The summed E-state index contributed by atoms with van der Waals surface area (Å²) in [6.45, 7) is 5.33. The van der Waals surface area contributed by atoms with Gasteiger partial charge < -0.3 is 15.3 Å². The summed E-state index contributed by atoms with van der Waals surface area (Å²) < 4.78 is 0. The minimum Gasteiger partial charge on any atom is -0.480 e. The maximum atomic E-state index is 11.3. The van der Waals surface area contributed by atoms with E-state index in [9.17, 15) is 9.59 Å². The lowest BCUT2D eigenvalue weighted by atomic mass is 10.0. The molecule has 1 unspecified atom stereocenters. The zero-order valence-corrected chi connectivity index (χ0v) is 8.00. The van der Waals surface area contributed by atoms with Crippen LogP contribution in [0.5, 0.6) is 0 Å². The second-order valence-electron chi connectivity index (χ2n) is 3.83. The van der Waals surface area contributed by atoms with E-state index in [1.807, 2.05) is 6.92 Å². The van der Waals surface area contributed by atoms with Crippen LogP contribution in [0.3, 0.4) is 0 Å². The van der Waals surface area contributed by atoms with Crippen LogP contribution in [-0.4, -0.2) is 40.1 Å². The Labute approximate surface area is 76.7 Å². The third kappa shape index (κ3) is 1.59. The van der Waals surface area contributed by atoms with Crippen LogP contribution < -0.4 is 5.32 Å². The molecule has 0 bridgehead atoms. The van der Waals surface area contributed by atoms with Crippen molar-refractivity contribution >= 4 is 12.0 Å². The van der Waals surface area contributed by atoms with Crippen LogP contribution >= 0.6 is 0 Å². The van der Waals surface area contributed by atoms with E-state index in [0.29, 0.717) is 6.54 Å². The van der Waals surface area contributed by atoms with Gasteiger partial charge in [-0.1, -0.05) is 0 Å². The number of carbonyl (C=O) groups is 2. The molecule has 0 radical (unpaired) electrons. The maximum Gasteiger partial charge on any atom is 0.329 e. The Kier molecular flexibility index (Phi) is 2.19. The fourth-order valence-corrected chi connectivity index (χ4v) is 1.29. The summed E-state index contributed by atoms with van der Waals surface area (Å²) in [7, 11) is 0. The van der Waals surface area contributed by atoms with Crippen LogP contribution in [0.25, 0.3) is 0 Å². The van der Waals surface area contributed by atoms with Gasteiger partial charge in [0.25, 0.3) is 0 Å². The fourth-order valence-electron chi connectivity index (χ4n) is 1.29. The Hall–Kier alpha value is -1.26. The molecular formula is C8H14N2O3. The van der Waals surface area contributed by atoms with Crippen LogP contribution in [0.1, 0.15) is 20.8 Å². The Balaban J connectivity index is 2.83. The molecule has 0 aromatic carbocycles. The molecule has 1 rings (SSSR count). The number of amides is 2. The predicted molar refractivity (Wildman–Crippen MR) is 46.4 cm³/mol. The monoisotopic (exact) mass is 186 g/mol. The minimum absolute atomic E-state index is 0.0196. The summed E-state index contributed by atoms with van der Waals surface area (Å²) in [5.74, 6) is -0.989. The summed E-state index contributed by atoms with van der Waals surface area (Å²) in [5.41, 5.74) is -1.13. The molecule has 2 N–H and O–H groups in total. The van der Waals surface area contributed by atoms with E-state index in [0.717, 1.165) is 0 Å². The van der Waals surface area contributed by atoms with Gasteiger partial charge in [0.05, 0.1) is 0 Å². The SMILES string of the molecule is CC1CN(C(C)(C)C(=O)O)C(=O)N1. The largest absolute Gasteiger partial charge is 0.480 e. The highest BCUT2D eigenvalue weighted by Crippen LogP contribution is 2.18. The van der Waals surface area contributed by atoms with Crippen molar-refractivity contribution in [3.05, 3.63) is 0 Å². The number of nitrogens with zero attached hydrogens (tertiary/aromatic N) is 1. The van der Waals surface area contributed by atoms with Crippen LogP contribution in [0, 0.1) is 0 Å². The van der Waals surface area contributed by atoms with Gasteiger partial charge in [-0.15, -0.1) is 0 Å². The van der Waals surface area contributed by atoms with Gasteiger partial charge in [0, 0.05) is 12.6 Å². The first-order valence-corrected chi connectivity index (χ1v) is 4.17. The molecule has 0 aromatic rings. The van der Waals surface area contributed by atoms with E-state index in [-0.39, 0.29) is 12.1 Å². The minimum atomic E-state index is -1.13. The van der Waals surface area contributed by atoms with Crippen LogP contribution in [-0.2, 0) is 4.79 Å². The lowest BCUT2D eigenvalue weighted by Crippen LogP contribution is -2.51. The molecule has 1 heterocycles. The Morgan fingerprint density at radius 3 is 2.54 bits per heavy atom. The highest BCUT2D eigenvalue weighted by atomic mass is 16.4.